The molecule has 2 aliphatic rings. The molecule has 0 spiro atoms. The molecule has 0 bridgehead atoms. The summed E-state index contributed by atoms with van der Waals surface area (Å²) in [7, 11) is 0. The molecule has 1 nitrogen and oxygen atoms in total. The van der Waals surface area contributed by atoms with Gasteiger partial charge in [-0.15, -0.1) is 0 Å². The van der Waals surface area contributed by atoms with Crippen molar-refractivity contribution < 1.29 is 0 Å². The normalized spacial score (nSPS) is 20.4. The second-order valence-corrected chi connectivity index (χ2v) is 4.84. The smallest absolute Gasteiger partial charge is 0.0409 e. The van der Waals surface area contributed by atoms with Crippen molar-refractivity contribution in [3.05, 3.63) is 47.9 Å². The molecule has 0 unspecified atom stereocenters. The number of rotatable bonds is 0. The van der Waals surface area contributed by atoms with Gasteiger partial charge in [-0.25, -0.2) is 0 Å². The highest BCUT2D eigenvalue weighted by atomic mass is 15.1. The molecule has 2 heterocycles. The zero-order chi connectivity index (χ0) is 10.2. The van der Waals surface area contributed by atoms with Gasteiger partial charge in [-0.05, 0) is 23.1 Å². The molecule has 0 N–H and O–H groups in total. The van der Waals surface area contributed by atoms with E-state index in [9.17, 15) is 0 Å². The first-order chi connectivity index (χ1) is 6.57. The van der Waals surface area contributed by atoms with E-state index in [0.29, 0.717) is 0 Å². The van der Waals surface area contributed by atoms with E-state index in [1.165, 1.54) is 11.3 Å². The van der Waals surface area contributed by atoms with E-state index in [0.717, 1.165) is 6.54 Å². The minimum atomic E-state index is 0.239. The van der Waals surface area contributed by atoms with Crippen LogP contribution >= 0.6 is 0 Å². The second kappa shape index (κ2) is 3.16. The van der Waals surface area contributed by atoms with Crippen molar-refractivity contribution in [2.45, 2.75) is 20.8 Å². The zero-order valence-corrected chi connectivity index (χ0v) is 9.12. The summed E-state index contributed by atoms with van der Waals surface area (Å²) < 4.78 is 0. The summed E-state index contributed by atoms with van der Waals surface area (Å²) in [5, 5.41) is 0. The standard InChI is InChI=1S/C13H17N/c1-13(2,3)11-7-8-12-6-4-5-9-14(12)10-11/h4-8,10H,9H2,1-3H3. The van der Waals surface area contributed by atoms with Gasteiger partial charge in [0, 0.05) is 18.4 Å². The van der Waals surface area contributed by atoms with Crippen LogP contribution in [0.3, 0.4) is 0 Å². The first-order valence-corrected chi connectivity index (χ1v) is 5.11. The number of allylic oxidation sites excluding steroid dienone is 5. The van der Waals surface area contributed by atoms with Gasteiger partial charge in [-0.1, -0.05) is 39.0 Å². The molecule has 0 amide bonds. The SMILES string of the molecule is CC(C)(C)C1=CN2CC=CC=C2C=C1. The summed E-state index contributed by atoms with van der Waals surface area (Å²) in [6, 6.07) is 0. The van der Waals surface area contributed by atoms with Crippen LogP contribution in [-0.4, -0.2) is 11.4 Å². The number of hydrogen-bond donors (Lipinski definition) is 0. The molecule has 1 heteroatoms. The third kappa shape index (κ3) is 1.67. The largest absolute Gasteiger partial charge is 0.344 e. The van der Waals surface area contributed by atoms with Crippen LogP contribution in [0.15, 0.2) is 47.9 Å². The van der Waals surface area contributed by atoms with Gasteiger partial charge >= 0.3 is 0 Å². The van der Waals surface area contributed by atoms with Gasteiger partial charge in [0.25, 0.3) is 0 Å². The minimum absolute atomic E-state index is 0.239. The average Bonchev–Trinajstić information content (AvgIpc) is 2.16. The lowest BCUT2D eigenvalue weighted by atomic mass is 9.85. The third-order valence-electron chi connectivity index (χ3n) is 2.63. The summed E-state index contributed by atoms with van der Waals surface area (Å²) in [6.45, 7) is 7.74. The molecule has 0 aromatic heterocycles. The molecule has 14 heavy (non-hydrogen) atoms. The van der Waals surface area contributed by atoms with Crippen molar-refractivity contribution >= 4 is 0 Å². The van der Waals surface area contributed by atoms with Crippen molar-refractivity contribution in [1.29, 1.82) is 0 Å². The lowest BCUT2D eigenvalue weighted by Gasteiger charge is -2.31. The van der Waals surface area contributed by atoms with Crippen LogP contribution in [0.1, 0.15) is 20.8 Å². The highest BCUT2D eigenvalue weighted by molar-refractivity contribution is 5.39. The molecule has 0 aromatic rings. The lowest BCUT2D eigenvalue weighted by Crippen LogP contribution is -2.23. The predicted octanol–water partition coefficient (Wildman–Crippen LogP) is 3.24. The molecular formula is C13H17N. The maximum Gasteiger partial charge on any atom is 0.0409 e. The lowest BCUT2D eigenvalue weighted by molar-refractivity contribution is 0.463. The second-order valence-electron chi connectivity index (χ2n) is 4.84. The summed E-state index contributed by atoms with van der Waals surface area (Å²) in [5.74, 6) is 0. The van der Waals surface area contributed by atoms with Crippen molar-refractivity contribution in [3.8, 4) is 0 Å². The Bertz CT molecular complexity index is 348. The minimum Gasteiger partial charge on any atom is -0.344 e. The van der Waals surface area contributed by atoms with Gasteiger partial charge in [-0.3, -0.25) is 0 Å². The molecule has 0 aromatic carbocycles. The molecule has 0 saturated heterocycles. The van der Waals surface area contributed by atoms with Crippen LogP contribution in [-0.2, 0) is 0 Å². The Balaban J connectivity index is 2.29. The fourth-order valence-corrected chi connectivity index (χ4v) is 1.65. The number of fused-ring (bicyclic) bond motifs is 1. The molecule has 2 rings (SSSR count). The van der Waals surface area contributed by atoms with Crippen LogP contribution in [0.25, 0.3) is 0 Å². The van der Waals surface area contributed by atoms with Crippen LogP contribution in [0.4, 0.5) is 0 Å². The molecule has 2 aliphatic heterocycles. The van der Waals surface area contributed by atoms with Crippen LogP contribution < -0.4 is 0 Å². The highest BCUT2D eigenvalue weighted by Crippen LogP contribution is 2.31. The molecule has 0 radical (unpaired) electrons. The summed E-state index contributed by atoms with van der Waals surface area (Å²) >= 11 is 0. The number of nitrogens with zero attached hydrogens (tertiary/aromatic N) is 1. The maximum absolute atomic E-state index is 2.29. The molecule has 0 saturated carbocycles. The Labute approximate surface area is 86.1 Å². The molecule has 74 valence electrons. The van der Waals surface area contributed by atoms with Gasteiger partial charge in [0.1, 0.15) is 0 Å². The average molecular weight is 187 g/mol. The topological polar surface area (TPSA) is 3.24 Å². The van der Waals surface area contributed by atoms with E-state index >= 15 is 0 Å². The fraction of sp³-hybridized carbons (Fsp3) is 0.385. The molecular weight excluding hydrogens is 170 g/mol. The van der Waals surface area contributed by atoms with Crippen LogP contribution in [0.2, 0.25) is 0 Å². The molecule has 0 aliphatic carbocycles. The Hall–Kier alpha value is -1.24. The quantitative estimate of drug-likeness (QED) is 0.562. The van der Waals surface area contributed by atoms with Crippen molar-refractivity contribution in [3.63, 3.8) is 0 Å². The van der Waals surface area contributed by atoms with Crippen molar-refractivity contribution in [1.82, 2.24) is 4.90 Å². The number of hydrogen-bond acceptors (Lipinski definition) is 1. The zero-order valence-electron chi connectivity index (χ0n) is 9.12. The molecule has 0 atom stereocenters. The highest BCUT2D eigenvalue weighted by Gasteiger charge is 2.19. The predicted molar refractivity (Wildman–Crippen MR) is 60.6 cm³/mol. The van der Waals surface area contributed by atoms with Crippen molar-refractivity contribution in [2.75, 3.05) is 6.54 Å². The summed E-state index contributed by atoms with van der Waals surface area (Å²) in [5.41, 5.74) is 2.92. The maximum atomic E-state index is 2.29. The van der Waals surface area contributed by atoms with Gasteiger partial charge in [0.05, 0.1) is 0 Å². The van der Waals surface area contributed by atoms with Crippen molar-refractivity contribution in [2.24, 2.45) is 5.41 Å². The Kier molecular flexibility index (Phi) is 2.10. The summed E-state index contributed by atoms with van der Waals surface area (Å²) in [6.07, 6.45) is 13.1. The van der Waals surface area contributed by atoms with E-state index in [2.05, 4.69) is 62.3 Å². The third-order valence-corrected chi connectivity index (χ3v) is 2.63. The van der Waals surface area contributed by atoms with E-state index in [4.69, 9.17) is 0 Å². The summed E-state index contributed by atoms with van der Waals surface area (Å²) in [4.78, 5) is 2.29. The van der Waals surface area contributed by atoms with Gasteiger partial charge in [-0.2, -0.15) is 0 Å². The Morgan fingerprint density at radius 3 is 2.71 bits per heavy atom. The van der Waals surface area contributed by atoms with Gasteiger partial charge in [0.2, 0.25) is 0 Å². The van der Waals surface area contributed by atoms with Gasteiger partial charge in [0.15, 0.2) is 0 Å². The Morgan fingerprint density at radius 2 is 2.00 bits per heavy atom. The van der Waals surface area contributed by atoms with Gasteiger partial charge < -0.3 is 4.90 Å². The first kappa shape index (κ1) is 9.32. The van der Waals surface area contributed by atoms with Crippen LogP contribution in [0, 0.1) is 5.41 Å². The molecule has 0 fully saturated rings. The van der Waals surface area contributed by atoms with E-state index in [1.807, 2.05) is 0 Å². The monoisotopic (exact) mass is 187 g/mol. The van der Waals surface area contributed by atoms with Crippen LogP contribution in [0.5, 0.6) is 0 Å². The Morgan fingerprint density at radius 1 is 1.21 bits per heavy atom. The van der Waals surface area contributed by atoms with E-state index in [-0.39, 0.29) is 5.41 Å². The first-order valence-electron chi connectivity index (χ1n) is 5.11. The fourth-order valence-electron chi connectivity index (χ4n) is 1.65. The van der Waals surface area contributed by atoms with E-state index in [1.54, 1.807) is 0 Å². The van der Waals surface area contributed by atoms with E-state index < -0.39 is 0 Å².